The Hall–Kier alpha value is -1.46. The van der Waals surface area contributed by atoms with Crippen molar-refractivity contribution in [2.75, 3.05) is 5.32 Å². The Kier molecular flexibility index (Phi) is 3.71. The monoisotopic (exact) mass is 311 g/mol. The van der Waals surface area contributed by atoms with Gasteiger partial charge in [-0.25, -0.2) is 0 Å². The van der Waals surface area contributed by atoms with Crippen molar-refractivity contribution < 1.29 is 4.79 Å². The minimum atomic E-state index is -0.247. The zero-order valence-corrected chi connectivity index (χ0v) is 10.9. The molecule has 0 aliphatic carbocycles. The summed E-state index contributed by atoms with van der Waals surface area (Å²) in [5, 5.41) is 10.6. The highest BCUT2D eigenvalue weighted by Gasteiger charge is 2.08. The molecule has 6 heteroatoms. The summed E-state index contributed by atoms with van der Waals surface area (Å²) in [7, 11) is 0. The van der Waals surface area contributed by atoms with E-state index >= 15 is 0 Å². The number of nitrogens with one attached hydrogen (secondary N) is 1. The minimum Gasteiger partial charge on any atom is -0.321 e. The smallest absolute Gasteiger partial charge is 0.257 e. The van der Waals surface area contributed by atoms with Crippen LogP contribution in [0.1, 0.15) is 10.4 Å². The van der Waals surface area contributed by atoms with Gasteiger partial charge >= 0.3 is 0 Å². The van der Waals surface area contributed by atoms with Crippen molar-refractivity contribution in [3.63, 3.8) is 0 Å². The number of hydrogen-bond donors (Lipinski definition) is 1. The summed E-state index contributed by atoms with van der Waals surface area (Å²) in [6.07, 6.45) is 2.87. The summed E-state index contributed by atoms with van der Waals surface area (Å²) < 4.78 is 0.723. The molecule has 0 saturated carbocycles. The van der Waals surface area contributed by atoms with Gasteiger partial charge in [-0.05, 0) is 40.2 Å². The van der Waals surface area contributed by atoms with Crippen LogP contribution in [0.2, 0.25) is 5.02 Å². The van der Waals surface area contributed by atoms with Gasteiger partial charge in [0.15, 0.2) is 0 Å². The molecule has 0 saturated heterocycles. The quantitative estimate of drug-likeness (QED) is 0.927. The zero-order chi connectivity index (χ0) is 12.3. The number of anilines is 1. The van der Waals surface area contributed by atoms with Gasteiger partial charge in [0.2, 0.25) is 0 Å². The lowest BCUT2D eigenvalue weighted by atomic mass is 10.2. The number of rotatable bonds is 2. The normalized spacial score (nSPS) is 10.0. The topological polar surface area (TPSA) is 54.9 Å². The summed E-state index contributed by atoms with van der Waals surface area (Å²) in [5.74, 6) is -0.247. The van der Waals surface area contributed by atoms with Crippen molar-refractivity contribution in [3.05, 3.63) is 51.7 Å². The summed E-state index contributed by atoms with van der Waals surface area (Å²) in [6, 6.07) is 6.72. The van der Waals surface area contributed by atoms with E-state index in [0.717, 1.165) is 4.47 Å². The van der Waals surface area contributed by atoms with E-state index in [0.29, 0.717) is 16.3 Å². The van der Waals surface area contributed by atoms with Crippen LogP contribution in [-0.4, -0.2) is 16.1 Å². The first-order chi connectivity index (χ1) is 8.16. The number of carbonyl (C=O) groups excluding carboxylic acids is 1. The molecule has 1 N–H and O–H groups in total. The lowest BCUT2D eigenvalue weighted by molar-refractivity contribution is 0.102. The Morgan fingerprint density at radius 3 is 2.76 bits per heavy atom. The van der Waals surface area contributed by atoms with E-state index in [1.54, 1.807) is 24.3 Å². The van der Waals surface area contributed by atoms with Gasteiger partial charge in [-0.15, -0.1) is 0 Å². The highest BCUT2D eigenvalue weighted by molar-refractivity contribution is 9.10. The van der Waals surface area contributed by atoms with E-state index < -0.39 is 0 Å². The highest BCUT2D eigenvalue weighted by atomic mass is 79.9. The summed E-state index contributed by atoms with van der Waals surface area (Å²) in [4.78, 5) is 11.8. The molecule has 1 amide bonds. The number of amides is 1. The number of hydrogen-bond acceptors (Lipinski definition) is 3. The largest absolute Gasteiger partial charge is 0.321 e. The predicted molar refractivity (Wildman–Crippen MR) is 69.1 cm³/mol. The van der Waals surface area contributed by atoms with Crippen LogP contribution in [0.5, 0.6) is 0 Å². The minimum absolute atomic E-state index is 0.247. The first-order valence-electron chi connectivity index (χ1n) is 4.70. The lowest BCUT2D eigenvalue weighted by Crippen LogP contribution is -2.12. The van der Waals surface area contributed by atoms with Crippen molar-refractivity contribution in [3.8, 4) is 0 Å². The zero-order valence-electron chi connectivity index (χ0n) is 8.52. The number of halogens is 2. The third-order valence-corrected chi connectivity index (χ3v) is 2.92. The van der Waals surface area contributed by atoms with Crippen molar-refractivity contribution in [1.29, 1.82) is 0 Å². The second kappa shape index (κ2) is 5.25. The molecule has 1 aromatic heterocycles. The maximum Gasteiger partial charge on any atom is 0.257 e. The van der Waals surface area contributed by atoms with Crippen molar-refractivity contribution in [2.45, 2.75) is 0 Å². The van der Waals surface area contributed by atoms with E-state index in [9.17, 15) is 4.79 Å². The number of benzene rings is 1. The third-order valence-electron chi connectivity index (χ3n) is 2.03. The van der Waals surface area contributed by atoms with Crippen molar-refractivity contribution >= 4 is 39.1 Å². The second-order valence-electron chi connectivity index (χ2n) is 3.21. The van der Waals surface area contributed by atoms with Gasteiger partial charge in [-0.1, -0.05) is 11.6 Å². The van der Waals surface area contributed by atoms with Gasteiger partial charge in [0.1, 0.15) is 0 Å². The SMILES string of the molecule is O=C(Nc1ccc(Cl)cc1Br)c1ccnnc1. The average molecular weight is 313 g/mol. The molecule has 17 heavy (non-hydrogen) atoms. The van der Waals surface area contributed by atoms with Gasteiger partial charge in [0.05, 0.1) is 23.6 Å². The van der Waals surface area contributed by atoms with Gasteiger partial charge in [0.25, 0.3) is 5.91 Å². The molecule has 2 rings (SSSR count). The van der Waals surface area contributed by atoms with Crippen LogP contribution in [-0.2, 0) is 0 Å². The van der Waals surface area contributed by atoms with Crippen LogP contribution in [0.4, 0.5) is 5.69 Å². The third kappa shape index (κ3) is 3.01. The Bertz CT molecular complexity index is 548. The summed E-state index contributed by atoms with van der Waals surface area (Å²) in [6.45, 7) is 0. The fraction of sp³-hybridized carbons (Fsp3) is 0. The maximum absolute atomic E-state index is 11.8. The molecule has 86 valence electrons. The van der Waals surface area contributed by atoms with E-state index in [1.807, 2.05) is 0 Å². The average Bonchev–Trinajstić information content (AvgIpc) is 2.34. The Labute approximate surface area is 111 Å². The number of carbonyl (C=O) groups is 1. The van der Waals surface area contributed by atoms with Gasteiger partial charge in [0, 0.05) is 9.50 Å². The Balaban J connectivity index is 2.19. The standard InChI is InChI=1S/C11H7BrClN3O/c12-9-5-8(13)1-2-10(9)16-11(17)7-3-4-14-15-6-7/h1-6H,(H,16,17). The molecule has 0 unspecified atom stereocenters. The van der Waals surface area contributed by atoms with Crippen LogP contribution in [0, 0.1) is 0 Å². The maximum atomic E-state index is 11.8. The van der Waals surface area contributed by atoms with E-state index in [2.05, 4.69) is 31.4 Å². The molecule has 0 fully saturated rings. The highest BCUT2D eigenvalue weighted by Crippen LogP contribution is 2.26. The van der Waals surface area contributed by atoms with Crippen LogP contribution >= 0.6 is 27.5 Å². The molecule has 0 aliphatic rings. The number of aromatic nitrogens is 2. The molecule has 4 nitrogen and oxygen atoms in total. The van der Waals surface area contributed by atoms with Crippen LogP contribution in [0.25, 0.3) is 0 Å². The molecule has 1 aromatic carbocycles. The van der Waals surface area contributed by atoms with Gasteiger partial charge in [-0.2, -0.15) is 10.2 Å². The molecular formula is C11H7BrClN3O. The molecule has 0 aliphatic heterocycles. The molecular weight excluding hydrogens is 305 g/mol. The lowest BCUT2D eigenvalue weighted by Gasteiger charge is -2.07. The fourth-order valence-corrected chi connectivity index (χ4v) is 1.99. The van der Waals surface area contributed by atoms with E-state index in [-0.39, 0.29) is 5.91 Å². The molecule has 0 bridgehead atoms. The molecule has 0 spiro atoms. The Morgan fingerprint density at radius 1 is 1.29 bits per heavy atom. The van der Waals surface area contributed by atoms with E-state index in [4.69, 9.17) is 11.6 Å². The summed E-state index contributed by atoms with van der Waals surface area (Å²) >= 11 is 9.13. The molecule has 2 aromatic rings. The van der Waals surface area contributed by atoms with Gasteiger partial charge in [-0.3, -0.25) is 4.79 Å². The fourth-order valence-electron chi connectivity index (χ4n) is 1.21. The van der Waals surface area contributed by atoms with Crippen LogP contribution in [0.3, 0.4) is 0 Å². The predicted octanol–water partition coefficient (Wildman–Crippen LogP) is 3.14. The van der Waals surface area contributed by atoms with Crippen molar-refractivity contribution in [1.82, 2.24) is 10.2 Å². The van der Waals surface area contributed by atoms with Crippen LogP contribution < -0.4 is 5.32 Å². The molecule has 0 atom stereocenters. The summed E-state index contributed by atoms with van der Waals surface area (Å²) in [5.41, 5.74) is 1.10. The van der Waals surface area contributed by atoms with Crippen LogP contribution in [0.15, 0.2) is 41.1 Å². The Morgan fingerprint density at radius 2 is 2.12 bits per heavy atom. The van der Waals surface area contributed by atoms with E-state index in [1.165, 1.54) is 12.4 Å². The number of nitrogens with zero attached hydrogens (tertiary/aromatic N) is 2. The van der Waals surface area contributed by atoms with Crippen molar-refractivity contribution in [2.24, 2.45) is 0 Å². The molecule has 0 radical (unpaired) electrons. The molecule has 1 heterocycles. The first-order valence-corrected chi connectivity index (χ1v) is 5.87. The van der Waals surface area contributed by atoms with Gasteiger partial charge < -0.3 is 5.32 Å². The second-order valence-corrected chi connectivity index (χ2v) is 4.50. The first kappa shape index (κ1) is 12.0.